The molecule has 1 atom stereocenters. The van der Waals surface area contributed by atoms with Crippen molar-refractivity contribution in [2.45, 2.75) is 26.3 Å². The number of nitrogens with one attached hydrogen (secondary N) is 1. The fourth-order valence-electron chi connectivity index (χ4n) is 4.07. The van der Waals surface area contributed by atoms with E-state index in [2.05, 4.69) is 37.5 Å². The molecule has 27 heavy (non-hydrogen) atoms. The van der Waals surface area contributed by atoms with Gasteiger partial charge in [0.15, 0.2) is 0 Å². The van der Waals surface area contributed by atoms with Gasteiger partial charge in [-0.3, -0.25) is 4.90 Å². The van der Waals surface area contributed by atoms with E-state index < -0.39 is 0 Å². The number of methoxy groups -OCH3 is 2. The highest BCUT2D eigenvalue weighted by Crippen LogP contribution is 2.31. The Balaban J connectivity index is 1.51. The Morgan fingerprint density at radius 3 is 2.96 bits per heavy atom. The summed E-state index contributed by atoms with van der Waals surface area (Å²) in [5, 5.41) is 2.06. The van der Waals surface area contributed by atoms with Crippen LogP contribution >= 0.6 is 0 Å². The molecule has 1 N–H and O–H groups in total. The molecular formula is C20H27N5O2. The standard InChI is InChI=1S/C20H27N5O2/c1-14-9-18(25-20(23-14)21-13-22-25)15-5-4-8-24(11-15)12-16-10-17(26-2)6-7-19(16)27-3/h6-7,9-10,15,22H,4-5,8,11-13H2,1-3H3. The molecule has 3 heterocycles. The highest BCUT2D eigenvalue weighted by atomic mass is 16.5. The van der Waals surface area contributed by atoms with Crippen molar-refractivity contribution in [3.63, 3.8) is 0 Å². The number of allylic oxidation sites excluding steroid dienone is 1. The number of ether oxygens (including phenoxy) is 2. The first-order valence-electron chi connectivity index (χ1n) is 9.46. The highest BCUT2D eigenvalue weighted by molar-refractivity contribution is 6.05. The van der Waals surface area contributed by atoms with E-state index in [0.29, 0.717) is 12.6 Å². The predicted octanol–water partition coefficient (Wildman–Crippen LogP) is 2.41. The molecule has 1 unspecified atom stereocenters. The molecule has 4 rings (SSSR count). The molecule has 0 amide bonds. The molecule has 1 fully saturated rings. The normalized spacial score (nSPS) is 22.7. The SMILES string of the molecule is COc1ccc(OC)c(CN2CCCC(C3=CC(C)=NC4=NCNN34)C2)c1. The van der Waals surface area contributed by atoms with Crippen LogP contribution in [-0.4, -0.2) is 55.6 Å². The third kappa shape index (κ3) is 3.70. The maximum absolute atomic E-state index is 5.56. The van der Waals surface area contributed by atoms with Gasteiger partial charge in [0.2, 0.25) is 5.96 Å². The lowest BCUT2D eigenvalue weighted by Crippen LogP contribution is -2.45. The van der Waals surface area contributed by atoms with Gasteiger partial charge >= 0.3 is 0 Å². The van der Waals surface area contributed by atoms with Gasteiger partial charge in [-0.2, -0.15) is 0 Å². The van der Waals surface area contributed by atoms with E-state index in [1.54, 1.807) is 14.2 Å². The molecule has 0 aromatic heterocycles. The van der Waals surface area contributed by atoms with E-state index in [4.69, 9.17) is 9.47 Å². The van der Waals surface area contributed by atoms with Crippen LogP contribution < -0.4 is 14.9 Å². The Kier molecular flexibility index (Phi) is 5.13. The van der Waals surface area contributed by atoms with Gasteiger partial charge in [-0.1, -0.05) is 0 Å². The van der Waals surface area contributed by atoms with E-state index in [1.807, 2.05) is 19.1 Å². The second-order valence-corrected chi connectivity index (χ2v) is 7.18. The second kappa shape index (κ2) is 7.70. The molecule has 0 aliphatic carbocycles. The molecule has 1 aromatic carbocycles. The molecule has 144 valence electrons. The Morgan fingerprint density at radius 1 is 1.26 bits per heavy atom. The van der Waals surface area contributed by atoms with Gasteiger partial charge in [-0.25, -0.2) is 20.4 Å². The molecular weight excluding hydrogens is 342 g/mol. The summed E-state index contributed by atoms with van der Waals surface area (Å²) < 4.78 is 11.0. The monoisotopic (exact) mass is 369 g/mol. The number of fused-ring (bicyclic) bond motifs is 1. The first kappa shape index (κ1) is 18.0. The van der Waals surface area contributed by atoms with Crippen molar-refractivity contribution < 1.29 is 9.47 Å². The summed E-state index contributed by atoms with van der Waals surface area (Å²) >= 11 is 0. The number of hydrazine groups is 1. The minimum absolute atomic E-state index is 0.455. The average molecular weight is 369 g/mol. The van der Waals surface area contributed by atoms with Crippen molar-refractivity contribution >= 4 is 11.7 Å². The van der Waals surface area contributed by atoms with Crippen LogP contribution in [0.25, 0.3) is 0 Å². The fraction of sp³-hybridized carbons (Fsp3) is 0.500. The van der Waals surface area contributed by atoms with Gasteiger partial charge in [0.1, 0.15) is 18.2 Å². The lowest BCUT2D eigenvalue weighted by atomic mass is 9.92. The lowest BCUT2D eigenvalue weighted by Gasteiger charge is -2.37. The van der Waals surface area contributed by atoms with E-state index in [9.17, 15) is 0 Å². The topological polar surface area (TPSA) is 61.7 Å². The quantitative estimate of drug-likeness (QED) is 0.864. The van der Waals surface area contributed by atoms with Crippen LogP contribution in [0.4, 0.5) is 0 Å². The minimum atomic E-state index is 0.455. The Bertz CT molecular complexity index is 802. The zero-order chi connectivity index (χ0) is 18.8. The summed E-state index contributed by atoms with van der Waals surface area (Å²) in [7, 11) is 3.42. The fourth-order valence-corrected chi connectivity index (χ4v) is 4.07. The zero-order valence-electron chi connectivity index (χ0n) is 16.2. The molecule has 0 spiro atoms. The Hall–Kier alpha value is -2.38. The predicted molar refractivity (Wildman–Crippen MR) is 106 cm³/mol. The maximum Gasteiger partial charge on any atom is 0.241 e. The first-order valence-corrected chi connectivity index (χ1v) is 9.46. The summed E-state index contributed by atoms with van der Waals surface area (Å²) in [6.07, 6.45) is 4.54. The van der Waals surface area contributed by atoms with Crippen LogP contribution in [0.5, 0.6) is 11.5 Å². The number of hydrogen-bond acceptors (Lipinski definition) is 7. The molecule has 1 saturated heterocycles. The van der Waals surface area contributed by atoms with Crippen molar-refractivity contribution in [3.8, 4) is 11.5 Å². The largest absolute Gasteiger partial charge is 0.497 e. The summed E-state index contributed by atoms with van der Waals surface area (Å²) in [5.41, 5.74) is 6.79. The molecule has 1 aromatic rings. The number of benzene rings is 1. The smallest absolute Gasteiger partial charge is 0.241 e. The van der Waals surface area contributed by atoms with Crippen molar-refractivity contribution in [1.82, 2.24) is 15.3 Å². The van der Waals surface area contributed by atoms with Gasteiger partial charge in [-0.05, 0) is 50.6 Å². The van der Waals surface area contributed by atoms with Gasteiger partial charge < -0.3 is 9.47 Å². The van der Waals surface area contributed by atoms with Gasteiger partial charge in [-0.15, -0.1) is 0 Å². The average Bonchev–Trinajstić information content (AvgIpc) is 3.15. The maximum atomic E-state index is 5.56. The number of likely N-dealkylation sites (tertiary alicyclic amines) is 1. The Morgan fingerprint density at radius 2 is 2.15 bits per heavy atom. The molecule has 0 saturated carbocycles. The van der Waals surface area contributed by atoms with Crippen LogP contribution in [-0.2, 0) is 6.54 Å². The number of piperidine rings is 1. The van der Waals surface area contributed by atoms with E-state index >= 15 is 0 Å². The van der Waals surface area contributed by atoms with Crippen LogP contribution in [0.3, 0.4) is 0 Å². The molecule has 7 heteroatoms. The summed E-state index contributed by atoms with van der Waals surface area (Å²) in [4.78, 5) is 11.5. The highest BCUT2D eigenvalue weighted by Gasteiger charge is 2.32. The summed E-state index contributed by atoms with van der Waals surface area (Å²) in [6.45, 7) is 5.59. The molecule has 7 nitrogen and oxygen atoms in total. The third-order valence-corrected chi connectivity index (χ3v) is 5.35. The van der Waals surface area contributed by atoms with Crippen molar-refractivity contribution in [2.75, 3.05) is 34.0 Å². The van der Waals surface area contributed by atoms with Crippen LogP contribution in [0.2, 0.25) is 0 Å². The van der Waals surface area contributed by atoms with Crippen molar-refractivity contribution in [2.24, 2.45) is 15.9 Å². The zero-order valence-corrected chi connectivity index (χ0v) is 16.2. The number of rotatable bonds is 5. The minimum Gasteiger partial charge on any atom is -0.497 e. The molecule has 3 aliphatic heterocycles. The van der Waals surface area contributed by atoms with Crippen LogP contribution in [0.15, 0.2) is 40.0 Å². The van der Waals surface area contributed by atoms with Gasteiger partial charge in [0.25, 0.3) is 0 Å². The molecule has 0 radical (unpaired) electrons. The Labute approximate surface area is 160 Å². The summed E-state index contributed by atoms with van der Waals surface area (Å²) in [5.74, 6) is 3.02. The van der Waals surface area contributed by atoms with Gasteiger partial charge in [0.05, 0.1) is 14.2 Å². The van der Waals surface area contributed by atoms with Crippen LogP contribution in [0.1, 0.15) is 25.3 Å². The van der Waals surface area contributed by atoms with E-state index in [1.165, 1.54) is 18.5 Å². The second-order valence-electron chi connectivity index (χ2n) is 7.18. The van der Waals surface area contributed by atoms with Crippen LogP contribution in [0, 0.1) is 5.92 Å². The molecule has 3 aliphatic rings. The van der Waals surface area contributed by atoms with E-state index in [-0.39, 0.29) is 0 Å². The van der Waals surface area contributed by atoms with Crippen molar-refractivity contribution in [1.29, 1.82) is 0 Å². The molecule has 0 bridgehead atoms. The summed E-state index contributed by atoms with van der Waals surface area (Å²) in [6, 6.07) is 6.00. The van der Waals surface area contributed by atoms with Crippen molar-refractivity contribution in [3.05, 3.63) is 35.5 Å². The number of guanidine groups is 1. The third-order valence-electron chi connectivity index (χ3n) is 5.35. The number of aliphatic imine (C=N–C) groups is 2. The lowest BCUT2D eigenvalue weighted by molar-refractivity contribution is 0.165. The number of nitrogens with zero attached hydrogens (tertiary/aromatic N) is 4. The van der Waals surface area contributed by atoms with E-state index in [0.717, 1.165) is 48.4 Å². The van der Waals surface area contributed by atoms with Gasteiger partial charge in [0, 0.05) is 36.0 Å². The first-order chi connectivity index (χ1) is 13.2. The number of hydrogen-bond donors (Lipinski definition) is 1.